The highest BCUT2D eigenvalue weighted by Crippen LogP contribution is 2.36. The molecule has 0 aromatic heterocycles. The van der Waals surface area contributed by atoms with Crippen LogP contribution < -0.4 is 0 Å². The van der Waals surface area contributed by atoms with E-state index < -0.39 is 16.6 Å². The van der Waals surface area contributed by atoms with Gasteiger partial charge in [0, 0.05) is 0 Å². The summed E-state index contributed by atoms with van der Waals surface area (Å²) in [7, 11) is -3.16. The van der Waals surface area contributed by atoms with Crippen molar-refractivity contribution in [2.24, 2.45) is 5.92 Å². The van der Waals surface area contributed by atoms with Gasteiger partial charge in [0.05, 0.1) is 24.9 Å². The maximum atomic E-state index is 6.72. The Morgan fingerprint density at radius 3 is 2.36 bits per heavy atom. The van der Waals surface area contributed by atoms with Crippen molar-refractivity contribution in [2.75, 3.05) is 13.2 Å². The van der Waals surface area contributed by atoms with Crippen LogP contribution in [0.2, 0.25) is 39.3 Å². The molecule has 0 aromatic rings. The monoisotopic (exact) mass is 494 g/mol. The topological polar surface area (TPSA) is 27.7 Å². The second-order valence-corrected chi connectivity index (χ2v) is 21.3. The summed E-state index contributed by atoms with van der Waals surface area (Å²) in [5, 5.41) is 0. The molecule has 0 N–H and O–H groups in total. The standard InChI is InChI=1S/C28H54O3Si2/c1-12-26(17-15-23(2)3)24(4)14-13-20-28(5)27(31-33(9,10)11)18-16-25(22-29-28)19-21-30-32(6,7)8/h12,15,19,24,27H,13-14,16-18,20-22H2,1-11H3/t24?,27-,28+/m1/s1. The van der Waals surface area contributed by atoms with Crippen LogP contribution in [0.25, 0.3) is 0 Å². The van der Waals surface area contributed by atoms with E-state index in [2.05, 4.69) is 92.1 Å². The fourth-order valence-corrected chi connectivity index (χ4v) is 6.13. The first-order valence-electron chi connectivity index (χ1n) is 13.1. The van der Waals surface area contributed by atoms with Crippen molar-refractivity contribution in [3.05, 3.63) is 34.9 Å². The van der Waals surface area contributed by atoms with Crippen LogP contribution >= 0.6 is 0 Å². The Labute approximate surface area is 208 Å². The lowest BCUT2D eigenvalue weighted by molar-refractivity contribution is -0.0974. The lowest BCUT2D eigenvalue weighted by atomic mass is 9.86. The van der Waals surface area contributed by atoms with Crippen molar-refractivity contribution in [1.82, 2.24) is 0 Å². The molecule has 1 heterocycles. The lowest BCUT2D eigenvalue weighted by Crippen LogP contribution is -2.47. The molecule has 3 atom stereocenters. The predicted molar refractivity (Wildman–Crippen MR) is 150 cm³/mol. The zero-order valence-electron chi connectivity index (χ0n) is 23.8. The molecule has 1 saturated heterocycles. The summed E-state index contributed by atoms with van der Waals surface area (Å²) in [4.78, 5) is 0. The van der Waals surface area contributed by atoms with Crippen LogP contribution in [0.5, 0.6) is 0 Å². The average molecular weight is 495 g/mol. The quantitative estimate of drug-likeness (QED) is 0.201. The molecule has 3 nitrogen and oxygen atoms in total. The fraction of sp³-hybridized carbons (Fsp3) is 0.786. The van der Waals surface area contributed by atoms with Crippen molar-refractivity contribution in [1.29, 1.82) is 0 Å². The average Bonchev–Trinajstić information content (AvgIpc) is 2.80. The highest BCUT2D eigenvalue weighted by molar-refractivity contribution is 6.70. The number of rotatable bonds is 12. The Morgan fingerprint density at radius 2 is 1.82 bits per heavy atom. The highest BCUT2D eigenvalue weighted by Gasteiger charge is 2.40. The summed E-state index contributed by atoms with van der Waals surface area (Å²) in [6.45, 7) is 26.2. The third kappa shape index (κ3) is 12.7. The van der Waals surface area contributed by atoms with E-state index >= 15 is 0 Å². The molecule has 192 valence electrons. The molecule has 0 bridgehead atoms. The van der Waals surface area contributed by atoms with Gasteiger partial charge in [0.25, 0.3) is 0 Å². The molecule has 0 radical (unpaired) electrons. The second kappa shape index (κ2) is 13.6. The Morgan fingerprint density at radius 1 is 1.15 bits per heavy atom. The smallest absolute Gasteiger partial charge is 0.184 e. The fourth-order valence-electron chi connectivity index (χ4n) is 4.33. The van der Waals surface area contributed by atoms with Gasteiger partial charge in [-0.15, -0.1) is 0 Å². The van der Waals surface area contributed by atoms with Crippen LogP contribution in [0.3, 0.4) is 0 Å². The summed E-state index contributed by atoms with van der Waals surface area (Å²) < 4.78 is 19.4. The minimum atomic E-state index is -1.67. The summed E-state index contributed by atoms with van der Waals surface area (Å²) in [5.74, 6) is 0.602. The summed E-state index contributed by atoms with van der Waals surface area (Å²) in [6.07, 6.45) is 13.6. The normalized spacial score (nSPS) is 25.1. The molecule has 0 spiro atoms. The van der Waals surface area contributed by atoms with Gasteiger partial charge in [-0.2, -0.15) is 0 Å². The molecule has 0 aliphatic carbocycles. The molecule has 1 fully saturated rings. The second-order valence-electron chi connectivity index (χ2n) is 12.3. The maximum Gasteiger partial charge on any atom is 0.184 e. The Bertz CT molecular complexity index is 678. The van der Waals surface area contributed by atoms with Gasteiger partial charge in [0.1, 0.15) is 0 Å². The predicted octanol–water partition coefficient (Wildman–Crippen LogP) is 8.66. The van der Waals surface area contributed by atoms with Crippen LogP contribution in [0.4, 0.5) is 0 Å². The van der Waals surface area contributed by atoms with Gasteiger partial charge in [0.2, 0.25) is 0 Å². The molecule has 5 heteroatoms. The SMILES string of the molecule is CC=C(CC=C(C)C)C(C)CCC[C@]1(C)OCC(=CCO[Si](C)(C)C)CC[C@H]1O[Si](C)(C)C. The molecule has 1 aliphatic rings. The van der Waals surface area contributed by atoms with Crippen LogP contribution in [0.15, 0.2) is 34.9 Å². The highest BCUT2D eigenvalue weighted by atomic mass is 28.4. The van der Waals surface area contributed by atoms with E-state index in [1.54, 1.807) is 5.57 Å². The Balaban J connectivity index is 2.83. The van der Waals surface area contributed by atoms with E-state index in [1.807, 2.05) is 0 Å². The molecule has 0 saturated carbocycles. The van der Waals surface area contributed by atoms with E-state index in [0.717, 1.165) is 32.1 Å². The maximum absolute atomic E-state index is 6.72. The van der Waals surface area contributed by atoms with E-state index in [0.29, 0.717) is 19.1 Å². The molecule has 1 rings (SSSR count). The van der Waals surface area contributed by atoms with Crippen molar-refractivity contribution in [3.63, 3.8) is 0 Å². The zero-order valence-corrected chi connectivity index (χ0v) is 25.8. The van der Waals surface area contributed by atoms with Crippen molar-refractivity contribution < 1.29 is 13.6 Å². The van der Waals surface area contributed by atoms with E-state index in [9.17, 15) is 0 Å². The van der Waals surface area contributed by atoms with Crippen LogP contribution in [0, 0.1) is 5.92 Å². The third-order valence-electron chi connectivity index (χ3n) is 6.44. The summed E-state index contributed by atoms with van der Waals surface area (Å²) in [5.41, 5.74) is 4.08. The van der Waals surface area contributed by atoms with Crippen LogP contribution in [-0.2, 0) is 13.6 Å². The van der Waals surface area contributed by atoms with E-state index in [1.165, 1.54) is 17.6 Å². The lowest BCUT2D eigenvalue weighted by Gasteiger charge is -2.39. The van der Waals surface area contributed by atoms with E-state index in [-0.39, 0.29) is 11.7 Å². The number of hydrogen-bond donors (Lipinski definition) is 0. The number of hydrogen-bond acceptors (Lipinski definition) is 3. The molecule has 1 unspecified atom stereocenters. The molecule has 0 amide bonds. The third-order valence-corrected chi connectivity index (χ3v) is 8.46. The Hall–Kier alpha value is -0.466. The zero-order chi connectivity index (χ0) is 25.3. The van der Waals surface area contributed by atoms with Gasteiger partial charge < -0.3 is 13.6 Å². The summed E-state index contributed by atoms with van der Waals surface area (Å²) >= 11 is 0. The molecular formula is C28H54O3Si2. The molecule has 1 aliphatic heterocycles. The van der Waals surface area contributed by atoms with Crippen LogP contribution in [-0.4, -0.2) is 41.6 Å². The van der Waals surface area contributed by atoms with Gasteiger partial charge in [0.15, 0.2) is 16.6 Å². The van der Waals surface area contributed by atoms with Gasteiger partial charge in [-0.05, 0) is 117 Å². The first kappa shape index (κ1) is 30.6. The Kier molecular flexibility index (Phi) is 12.6. The van der Waals surface area contributed by atoms with Gasteiger partial charge in [-0.3, -0.25) is 0 Å². The molecule has 33 heavy (non-hydrogen) atoms. The molecule has 0 aromatic carbocycles. The number of allylic oxidation sites excluding steroid dienone is 4. The van der Waals surface area contributed by atoms with Crippen molar-refractivity contribution in [2.45, 2.75) is 124 Å². The van der Waals surface area contributed by atoms with Gasteiger partial charge in [-0.1, -0.05) is 36.3 Å². The summed E-state index contributed by atoms with van der Waals surface area (Å²) in [6, 6.07) is 0. The first-order valence-corrected chi connectivity index (χ1v) is 19.9. The largest absolute Gasteiger partial charge is 0.414 e. The van der Waals surface area contributed by atoms with Gasteiger partial charge >= 0.3 is 0 Å². The van der Waals surface area contributed by atoms with Gasteiger partial charge in [-0.25, -0.2) is 0 Å². The first-order chi connectivity index (χ1) is 15.1. The van der Waals surface area contributed by atoms with E-state index in [4.69, 9.17) is 13.6 Å². The molecular weight excluding hydrogens is 440 g/mol. The minimum absolute atomic E-state index is 0.162. The van der Waals surface area contributed by atoms with Crippen LogP contribution in [0.1, 0.15) is 73.1 Å². The minimum Gasteiger partial charge on any atom is -0.414 e. The van der Waals surface area contributed by atoms with Crippen molar-refractivity contribution >= 4 is 16.6 Å². The number of ether oxygens (including phenoxy) is 1. The van der Waals surface area contributed by atoms with Crippen molar-refractivity contribution in [3.8, 4) is 0 Å².